The first kappa shape index (κ1) is 63.4. The summed E-state index contributed by atoms with van der Waals surface area (Å²) in [6.07, 6.45) is 66.6. The number of rotatable bonds is 49. The summed E-state index contributed by atoms with van der Waals surface area (Å²) in [4.78, 5) is 22.7. The highest BCUT2D eigenvalue weighted by Crippen LogP contribution is 2.43. The first-order chi connectivity index (χ1) is 32.3. The molecule has 9 nitrogen and oxygen atoms in total. The van der Waals surface area contributed by atoms with Crippen LogP contribution in [0, 0.1) is 0 Å². The van der Waals surface area contributed by atoms with Crippen LogP contribution < -0.4 is 0 Å². The van der Waals surface area contributed by atoms with Gasteiger partial charge in [-0.3, -0.25) is 13.8 Å². The van der Waals surface area contributed by atoms with Crippen molar-refractivity contribution in [3.63, 3.8) is 0 Å². The molecule has 0 aromatic carbocycles. The van der Waals surface area contributed by atoms with Crippen LogP contribution in [0.4, 0.5) is 0 Å². The molecular formula is C56H97O9P. The minimum absolute atomic E-state index is 0.0284. The first-order valence-corrected chi connectivity index (χ1v) is 27.7. The zero-order valence-electron chi connectivity index (χ0n) is 41.9. The molecule has 3 atom stereocenters. The maximum absolute atomic E-state index is 12.7. The molecule has 0 aromatic rings. The van der Waals surface area contributed by atoms with E-state index < -0.39 is 45.8 Å². The minimum Gasteiger partial charge on any atom is -0.457 e. The summed E-state index contributed by atoms with van der Waals surface area (Å²) in [5, 5.41) is 18.4. The van der Waals surface area contributed by atoms with Crippen LogP contribution in [0.3, 0.4) is 0 Å². The van der Waals surface area contributed by atoms with E-state index in [2.05, 4.69) is 111 Å². The molecule has 0 amide bonds. The second-order valence-corrected chi connectivity index (χ2v) is 18.6. The number of carbonyl (C=O) groups excluding carboxylic acids is 1. The Morgan fingerprint density at radius 2 is 0.864 bits per heavy atom. The van der Waals surface area contributed by atoms with E-state index in [0.29, 0.717) is 13.0 Å². The summed E-state index contributed by atoms with van der Waals surface area (Å²) in [6, 6.07) is 0. The lowest BCUT2D eigenvalue weighted by atomic mass is 10.1. The van der Waals surface area contributed by atoms with Gasteiger partial charge in [0.25, 0.3) is 0 Å². The van der Waals surface area contributed by atoms with Gasteiger partial charge in [-0.25, -0.2) is 4.57 Å². The van der Waals surface area contributed by atoms with E-state index in [-0.39, 0.29) is 13.0 Å². The van der Waals surface area contributed by atoms with Gasteiger partial charge in [-0.05, 0) is 96.3 Å². The SMILES string of the molecule is CC/C=C\C/C=C\C/C=C\C/C=C\C/C=C\C/C=C\CCCCCCCOCC(COP(=O)(O)OCC(O)CO)OC(=O)CCCCCCCCCCC/C=C\C/C=C\CCCCCCC. The third kappa shape index (κ3) is 50.8. The molecule has 0 bridgehead atoms. The van der Waals surface area contributed by atoms with Gasteiger partial charge >= 0.3 is 13.8 Å². The zero-order valence-corrected chi connectivity index (χ0v) is 42.8. The number of esters is 1. The highest BCUT2D eigenvalue weighted by Gasteiger charge is 2.26. The Labute approximate surface area is 404 Å². The summed E-state index contributed by atoms with van der Waals surface area (Å²) in [5.74, 6) is -0.397. The Bertz CT molecular complexity index is 1350. The van der Waals surface area contributed by atoms with Crippen LogP contribution in [0.5, 0.6) is 0 Å². The molecule has 0 aliphatic carbocycles. The van der Waals surface area contributed by atoms with Gasteiger partial charge in [-0.2, -0.15) is 0 Å². The molecule has 0 aromatic heterocycles. The van der Waals surface area contributed by atoms with Gasteiger partial charge in [0.15, 0.2) is 0 Å². The second-order valence-electron chi connectivity index (χ2n) is 17.2. The van der Waals surface area contributed by atoms with Gasteiger partial charge in [-0.15, -0.1) is 0 Å². The van der Waals surface area contributed by atoms with Crippen molar-refractivity contribution in [3.8, 4) is 0 Å². The van der Waals surface area contributed by atoms with E-state index >= 15 is 0 Å². The zero-order chi connectivity index (χ0) is 48.1. The smallest absolute Gasteiger partial charge is 0.457 e. The number of unbranched alkanes of at least 4 members (excludes halogenated alkanes) is 19. The number of carbonyl (C=O) groups is 1. The number of phosphoric ester groups is 1. The molecule has 380 valence electrons. The molecule has 0 saturated heterocycles. The van der Waals surface area contributed by atoms with Crippen molar-refractivity contribution < 1.29 is 43.0 Å². The average Bonchev–Trinajstić information content (AvgIpc) is 3.31. The number of aliphatic hydroxyl groups is 2. The fourth-order valence-corrected chi connectivity index (χ4v) is 7.59. The number of hydrogen-bond acceptors (Lipinski definition) is 8. The largest absolute Gasteiger partial charge is 0.472 e. The number of phosphoric acid groups is 1. The Morgan fingerprint density at radius 3 is 1.30 bits per heavy atom. The van der Waals surface area contributed by atoms with E-state index in [1.165, 1.54) is 70.6 Å². The van der Waals surface area contributed by atoms with Gasteiger partial charge < -0.3 is 24.6 Å². The lowest BCUT2D eigenvalue weighted by Crippen LogP contribution is -2.29. The molecule has 66 heavy (non-hydrogen) atoms. The highest BCUT2D eigenvalue weighted by atomic mass is 31.2. The van der Waals surface area contributed by atoms with Crippen LogP contribution in [-0.4, -0.2) is 66.3 Å². The first-order valence-electron chi connectivity index (χ1n) is 26.2. The Hall–Kier alpha value is -2.62. The van der Waals surface area contributed by atoms with Gasteiger partial charge in [-0.1, -0.05) is 201 Å². The van der Waals surface area contributed by atoms with Gasteiger partial charge in [0.1, 0.15) is 12.2 Å². The highest BCUT2D eigenvalue weighted by molar-refractivity contribution is 7.47. The average molecular weight is 945 g/mol. The number of hydrogen-bond donors (Lipinski definition) is 3. The number of allylic oxidation sites excluding steroid dienone is 16. The van der Waals surface area contributed by atoms with Crippen LogP contribution in [0.1, 0.15) is 206 Å². The molecule has 0 heterocycles. The molecule has 0 saturated carbocycles. The van der Waals surface area contributed by atoms with Gasteiger partial charge in [0, 0.05) is 13.0 Å². The van der Waals surface area contributed by atoms with Crippen LogP contribution in [0.15, 0.2) is 97.2 Å². The molecule has 0 spiro atoms. The number of aliphatic hydroxyl groups excluding tert-OH is 2. The molecule has 0 rings (SSSR count). The van der Waals surface area contributed by atoms with Crippen molar-refractivity contribution in [3.05, 3.63) is 97.2 Å². The van der Waals surface area contributed by atoms with E-state index in [9.17, 15) is 19.4 Å². The minimum atomic E-state index is -4.54. The number of ether oxygens (including phenoxy) is 2. The molecule has 0 fully saturated rings. The summed E-state index contributed by atoms with van der Waals surface area (Å²) in [5.41, 5.74) is 0. The van der Waals surface area contributed by atoms with Crippen LogP contribution in [0.2, 0.25) is 0 Å². The summed E-state index contributed by atoms with van der Waals surface area (Å²) in [7, 11) is -4.54. The fourth-order valence-electron chi connectivity index (χ4n) is 6.80. The van der Waals surface area contributed by atoms with Crippen molar-refractivity contribution in [2.75, 3.05) is 33.0 Å². The standard InChI is InChI=1S/C56H97O9P/c1-3-5-7-9-11-13-15-17-19-21-23-25-26-27-29-31-33-35-37-39-41-43-45-47-49-62-52-55(53-64-66(60,61)63-51-54(58)50-57)65-56(59)48-46-44-42-40-38-36-34-32-30-28-24-22-20-18-16-14-12-10-8-6-4-2/h5,7,11,13,16-19,22-25,27,29,33,35,54-55,57-58H,3-4,6,8-10,12,14-15,20-21,26,28,30-32,34,36-53H2,1-2H3,(H,60,61)/b7-5-,13-11-,18-16-,19-17-,24-22-,25-23-,29-27-,35-33-. The second kappa shape index (κ2) is 51.8. The molecule has 10 heteroatoms. The fraction of sp³-hybridized carbons (Fsp3) is 0.696. The third-order valence-electron chi connectivity index (χ3n) is 10.8. The quantitative estimate of drug-likeness (QED) is 0.0236. The van der Waals surface area contributed by atoms with E-state index in [1.807, 2.05) is 0 Å². The molecule has 0 aliphatic heterocycles. The normalized spacial score (nSPS) is 14.6. The molecule has 0 aliphatic rings. The van der Waals surface area contributed by atoms with Crippen molar-refractivity contribution in [1.29, 1.82) is 0 Å². The van der Waals surface area contributed by atoms with Crippen LogP contribution in [-0.2, 0) is 27.9 Å². The van der Waals surface area contributed by atoms with Crippen molar-refractivity contribution in [2.45, 2.75) is 219 Å². The monoisotopic (exact) mass is 945 g/mol. The van der Waals surface area contributed by atoms with E-state index in [1.54, 1.807) is 0 Å². The Balaban J connectivity index is 4.16. The summed E-state index contributed by atoms with van der Waals surface area (Å²) < 4.78 is 33.5. The summed E-state index contributed by atoms with van der Waals surface area (Å²) in [6.45, 7) is 3.34. The lowest BCUT2D eigenvalue weighted by molar-refractivity contribution is -0.154. The summed E-state index contributed by atoms with van der Waals surface area (Å²) >= 11 is 0. The van der Waals surface area contributed by atoms with E-state index in [4.69, 9.17) is 23.6 Å². The van der Waals surface area contributed by atoms with Gasteiger partial charge in [0.05, 0.1) is 26.4 Å². The van der Waals surface area contributed by atoms with Gasteiger partial charge in [0.2, 0.25) is 0 Å². The van der Waals surface area contributed by atoms with Crippen molar-refractivity contribution >= 4 is 13.8 Å². The topological polar surface area (TPSA) is 132 Å². The maximum atomic E-state index is 12.7. The van der Waals surface area contributed by atoms with Crippen molar-refractivity contribution in [2.24, 2.45) is 0 Å². The molecular weight excluding hydrogens is 848 g/mol. The predicted molar refractivity (Wildman–Crippen MR) is 278 cm³/mol. The molecule has 0 radical (unpaired) electrons. The van der Waals surface area contributed by atoms with Crippen molar-refractivity contribution in [1.82, 2.24) is 0 Å². The van der Waals surface area contributed by atoms with Crippen LogP contribution >= 0.6 is 7.82 Å². The Kier molecular flexibility index (Phi) is 49.7. The van der Waals surface area contributed by atoms with E-state index in [0.717, 1.165) is 109 Å². The van der Waals surface area contributed by atoms with Crippen LogP contribution in [0.25, 0.3) is 0 Å². The lowest BCUT2D eigenvalue weighted by Gasteiger charge is -2.20. The molecule has 3 unspecified atom stereocenters. The predicted octanol–water partition coefficient (Wildman–Crippen LogP) is 15.6. The third-order valence-corrected chi connectivity index (χ3v) is 11.7. The Morgan fingerprint density at radius 1 is 0.485 bits per heavy atom. The molecule has 3 N–H and O–H groups in total. The maximum Gasteiger partial charge on any atom is 0.472 e.